The molecule has 0 aliphatic carbocycles. The molecule has 0 saturated heterocycles. The van der Waals surface area contributed by atoms with Crippen LogP contribution >= 0.6 is 22.9 Å². The molecule has 0 fully saturated rings. The molecule has 5 nitrogen and oxygen atoms in total. The van der Waals surface area contributed by atoms with E-state index in [1.54, 1.807) is 32.2 Å². The molecule has 0 bridgehead atoms. The number of hydrogen-bond acceptors (Lipinski definition) is 5. The fourth-order valence-electron chi connectivity index (χ4n) is 2.07. The van der Waals surface area contributed by atoms with E-state index in [9.17, 15) is 4.79 Å². The van der Waals surface area contributed by atoms with Gasteiger partial charge in [0.05, 0.1) is 29.7 Å². The van der Waals surface area contributed by atoms with Crippen molar-refractivity contribution in [2.45, 2.75) is 6.92 Å². The summed E-state index contributed by atoms with van der Waals surface area (Å²) in [6.07, 6.45) is 1.48. The van der Waals surface area contributed by atoms with Gasteiger partial charge in [-0.3, -0.25) is 10.1 Å². The molecule has 3 rings (SSSR count). The number of thiazole rings is 1. The molecule has 23 heavy (non-hydrogen) atoms. The third kappa shape index (κ3) is 3.23. The Bertz CT molecular complexity index is 857. The van der Waals surface area contributed by atoms with Crippen molar-refractivity contribution < 1.29 is 13.9 Å². The van der Waals surface area contributed by atoms with Crippen LogP contribution in [-0.4, -0.2) is 18.0 Å². The lowest BCUT2D eigenvalue weighted by molar-refractivity contribution is 0.102. The van der Waals surface area contributed by atoms with Crippen molar-refractivity contribution in [2.24, 2.45) is 0 Å². The Morgan fingerprint density at radius 1 is 1.39 bits per heavy atom. The van der Waals surface area contributed by atoms with E-state index in [1.165, 1.54) is 17.6 Å². The smallest absolute Gasteiger partial charge is 0.260 e. The monoisotopic (exact) mass is 348 g/mol. The number of anilines is 1. The second-order valence-electron chi connectivity index (χ2n) is 4.73. The van der Waals surface area contributed by atoms with Crippen molar-refractivity contribution in [3.05, 3.63) is 52.3 Å². The third-order valence-electron chi connectivity index (χ3n) is 3.28. The molecule has 7 heteroatoms. The lowest BCUT2D eigenvalue weighted by Crippen LogP contribution is -2.11. The van der Waals surface area contributed by atoms with E-state index in [0.717, 1.165) is 11.3 Å². The minimum absolute atomic E-state index is 0.245. The SMILES string of the molecule is COc1ccc(-c2csc(NC(=O)c3ccoc3C)n2)cc1Cl. The highest BCUT2D eigenvalue weighted by Crippen LogP contribution is 2.31. The van der Waals surface area contributed by atoms with Gasteiger partial charge in [0, 0.05) is 10.9 Å². The summed E-state index contributed by atoms with van der Waals surface area (Å²) in [4.78, 5) is 16.6. The van der Waals surface area contributed by atoms with Gasteiger partial charge in [-0.2, -0.15) is 0 Å². The lowest BCUT2D eigenvalue weighted by Gasteiger charge is -2.04. The largest absolute Gasteiger partial charge is 0.495 e. The third-order valence-corrected chi connectivity index (χ3v) is 4.33. The molecular formula is C16H13ClN2O3S. The van der Waals surface area contributed by atoms with Crippen molar-refractivity contribution in [3.8, 4) is 17.0 Å². The number of rotatable bonds is 4. The Balaban J connectivity index is 1.79. The molecule has 0 unspecified atom stereocenters. The van der Waals surface area contributed by atoms with Crippen LogP contribution in [0.2, 0.25) is 5.02 Å². The zero-order valence-corrected chi connectivity index (χ0v) is 14.0. The van der Waals surface area contributed by atoms with Crippen LogP contribution < -0.4 is 10.1 Å². The predicted octanol–water partition coefficient (Wildman–Crippen LogP) is 4.63. The van der Waals surface area contributed by atoms with Gasteiger partial charge in [0.25, 0.3) is 5.91 Å². The molecule has 0 saturated carbocycles. The van der Waals surface area contributed by atoms with Gasteiger partial charge in [-0.25, -0.2) is 4.98 Å². The second kappa shape index (κ2) is 6.44. The maximum Gasteiger partial charge on any atom is 0.260 e. The molecular weight excluding hydrogens is 336 g/mol. The first-order valence-electron chi connectivity index (χ1n) is 6.73. The van der Waals surface area contributed by atoms with Gasteiger partial charge in [0.1, 0.15) is 11.5 Å². The molecule has 1 amide bonds. The highest BCUT2D eigenvalue weighted by atomic mass is 35.5. The second-order valence-corrected chi connectivity index (χ2v) is 6.00. The van der Waals surface area contributed by atoms with Crippen molar-refractivity contribution in [1.29, 1.82) is 0 Å². The average molecular weight is 349 g/mol. The van der Waals surface area contributed by atoms with Crippen LogP contribution in [0.4, 0.5) is 5.13 Å². The number of amides is 1. The lowest BCUT2D eigenvalue weighted by atomic mass is 10.2. The maximum absolute atomic E-state index is 12.1. The quantitative estimate of drug-likeness (QED) is 0.746. The van der Waals surface area contributed by atoms with Crippen LogP contribution in [0.3, 0.4) is 0 Å². The van der Waals surface area contributed by atoms with Crippen LogP contribution in [0, 0.1) is 6.92 Å². The standard InChI is InChI=1S/C16H13ClN2O3S/c1-9-11(5-6-22-9)15(20)19-16-18-13(8-23-16)10-3-4-14(21-2)12(17)7-10/h3-8H,1-2H3,(H,18,19,20). The van der Waals surface area contributed by atoms with Crippen molar-refractivity contribution >= 4 is 34.0 Å². The number of furan rings is 1. The number of carbonyl (C=O) groups is 1. The molecule has 0 radical (unpaired) electrons. The van der Waals surface area contributed by atoms with E-state index >= 15 is 0 Å². The molecule has 1 aromatic carbocycles. The molecule has 1 N–H and O–H groups in total. The predicted molar refractivity (Wildman–Crippen MR) is 90.5 cm³/mol. The summed E-state index contributed by atoms with van der Waals surface area (Å²) in [7, 11) is 1.56. The van der Waals surface area contributed by atoms with Gasteiger partial charge in [0.15, 0.2) is 5.13 Å². The first-order valence-corrected chi connectivity index (χ1v) is 7.99. The van der Waals surface area contributed by atoms with Crippen molar-refractivity contribution in [1.82, 2.24) is 4.98 Å². The van der Waals surface area contributed by atoms with Gasteiger partial charge in [-0.05, 0) is 31.2 Å². The van der Waals surface area contributed by atoms with E-state index in [-0.39, 0.29) is 5.91 Å². The van der Waals surface area contributed by atoms with Crippen molar-refractivity contribution in [2.75, 3.05) is 12.4 Å². The number of halogens is 1. The summed E-state index contributed by atoms with van der Waals surface area (Å²) in [5.41, 5.74) is 2.08. The number of nitrogens with zero attached hydrogens (tertiary/aromatic N) is 1. The van der Waals surface area contributed by atoms with Gasteiger partial charge in [-0.1, -0.05) is 11.6 Å². The summed E-state index contributed by atoms with van der Waals surface area (Å²) in [6, 6.07) is 7.05. The van der Waals surface area contributed by atoms with Gasteiger partial charge >= 0.3 is 0 Å². The van der Waals surface area contributed by atoms with Crippen LogP contribution in [0.25, 0.3) is 11.3 Å². The molecule has 2 heterocycles. The van der Waals surface area contributed by atoms with Crippen LogP contribution in [0.15, 0.2) is 40.3 Å². The van der Waals surface area contributed by atoms with Crippen molar-refractivity contribution in [3.63, 3.8) is 0 Å². The number of aromatic nitrogens is 1. The summed E-state index contributed by atoms with van der Waals surface area (Å²) >= 11 is 7.47. The summed E-state index contributed by atoms with van der Waals surface area (Å²) in [5, 5.41) is 5.64. The number of aryl methyl sites for hydroxylation is 1. The summed E-state index contributed by atoms with van der Waals surface area (Å²) < 4.78 is 10.3. The minimum atomic E-state index is -0.245. The molecule has 0 aliphatic heterocycles. The number of hydrogen-bond donors (Lipinski definition) is 1. The van der Waals surface area contributed by atoms with E-state index in [1.807, 2.05) is 11.4 Å². The van der Waals surface area contributed by atoms with Crippen LogP contribution in [0.5, 0.6) is 5.75 Å². The topological polar surface area (TPSA) is 64.4 Å². The summed E-state index contributed by atoms with van der Waals surface area (Å²) in [5.74, 6) is 0.931. The first kappa shape index (κ1) is 15.6. The Morgan fingerprint density at radius 2 is 2.22 bits per heavy atom. The van der Waals surface area contributed by atoms with Gasteiger partial charge < -0.3 is 9.15 Å². The number of methoxy groups -OCH3 is 1. The Hall–Kier alpha value is -2.31. The van der Waals surface area contributed by atoms with Crippen LogP contribution in [0.1, 0.15) is 16.1 Å². The van der Waals surface area contributed by atoms with Crippen LogP contribution in [-0.2, 0) is 0 Å². The minimum Gasteiger partial charge on any atom is -0.495 e. The maximum atomic E-state index is 12.1. The first-order chi connectivity index (χ1) is 11.1. The molecule has 0 atom stereocenters. The highest BCUT2D eigenvalue weighted by molar-refractivity contribution is 7.14. The average Bonchev–Trinajstić information content (AvgIpc) is 3.16. The van der Waals surface area contributed by atoms with E-state index in [4.69, 9.17) is 20.8 Å². The molecule has 2 aromatic heterocycles. The molecule has 0 spiro atoms. The highest BCUT2D eigenvalue weighted by Gasteiger charge is 2.14. The number of benzene rings is 1. The molecule has 0 aliphatic rings. The van der Waals surface area contributed by atoms with E-state index < -0.39 is 0 Å². The van der Waals surface area contributed by atoms with E-state index in [0.29, 0.717) is 27.2 Å². The molecule has 118 valence electrons. The van der Waals surface area contributed by atoms with Gasteiger partial charge in [0.2, 0.25) is 0 Å². The van der Waals surface area contributed by atoms with E-state index in [2.05, 4.69) is 10.3 Å². The molecule has 3 aromatic rings. The fourth-order valence-corrected chi connectivity index (χ4v) is 3.05. The Kier molecular flexibility index (Phi) is 4.36. The summed E-state index contributed by atoms with van der Waals surface area (Å²) in [6.45, 7) is 1.74. The number of nitrogens with one attached hydrogen (secondary N) is 1. The van der Waals surface area contributed by atoms with Gasteiger partial charge in [-0.15, -0.1) is 11.3 Å². The zero-order valence-electron chi connectivity index (χ0n) is 12.4. The normalized spacial score (nSPS) is 10.6. The fraction of sp³-hybridized carbons (Fsp3) is 0.125. The number of ether oxygens (including phenoxy) is 1. The Labute approximate surface area is 141 Å². The number of carbonyl (C=O) groups excluding carboxylic acids is 1. The Morgan fingerprint density at radius 3 is 2.87 bits per heavy atom. The zero-order chi connectivity index (χ0) is 16.4.